The lowest BCUT2D eigenvalue weighted by Crippen LogP contribution is -2.13. The van der Waals surface area contributed by atoms with Crippen LogP contribution >= 0.6 is 0 Å². The Labute approximate surface area is 81.4 Å². The number of H-pyrrole nitrogens is 1. The fourth-order valence-electron chi connectivity index (χ4n) is 1.33. The van der Waals surface area contributed by atoms with Crippen molar-refractivity contribution in [3.63, 3.8) is 0 Å². The molecule has 0 aliphatic rings. The van der Waals surface area contributed by atoms with Crippen LogP contribution in [0.25, 0.3) is 0 Å². The van der Waals surface area contributed by atoms with Gasteiger partial charge in [0.1, 0.15) is 5.69 Å². The largest absolute Gasteiger partial charge is 0.477 e. The van der Waals surface area contributed by atoms with Gasteiger partial charge in [-0.05, 0) is 25.0 Å². The van der Waals surface area contributed by atoms with Crippen LogP contribution < -0.4 is 5.73 Å². The Morgan fingerprint density at radius 3 is 2.43 bits per heavy atom. The van der Waals surface area contributed by atoms with Crippen molar-refractivity contribution < 1.29 is 9.90 Å². The molecule has 0 bridgehead atoms. The lowest BCUT2D eigenvalue weighted by atomic mass is 10.1. The lowest BCUT2D eigenvalue weighted by Gasteiger charge is -1.97. The van der Waals surface area contributed by atoms with E-state index < -0.39 is 5.97 Å². The predicted octanol–water partition coefficient (Wildman–Crippen LogP) is 0.808. The van der Waals surface area contributed by atoms with Crippen LogP contribution in [0.15, 0.2) is 0 Å². The van der Waals surface area contributed by atoms with E-state index in [1.165, 1.54) is 0 Å². The van der Waals surface area contributed by atoms with Crippen molar-refractivity contribution >= 4 is 11.8 Å². The molecule has 0 unspecified atom stereocenters. The van der Waals surface area contributed by atoms with Gasteiger partial charge in [0.05, 0.1) is 5.84 Å². The van der Waals surface area contributed by atoms with E-state index in [1.807, 2.05) is 6.92 Å². The zero-order valence-electron chi connectivity index (χ0n) is 8.14. The zero-order chi connectivity index (χ0) is 10.9. The minimum Gasteiger partial charge on any atom is -0.477 e. The minimum absolute atomic E-state index is 0.0197. The van der Waals surface area contributed by atoms with Gasteiger partial charge in [0.15, 0.2) is 0 Å². The first-order valence-electron chi connectivity index (χ1n) is 4.17. The van der Waals surface area contributed by atoms with Crippen LogP contribution in [0.1, 0.15) is 27.3 Å². The predicted molar refractivity (Wildman–Crippen MR) is 52.8 cm³/mol. The summed E-state index contributed by atoms with van der Waals surface area (Å²) in [6.07, 6.45) is 0.264. The van der Waals surface area contributed by atoms with Crippen LogP contribution in [0.2, 0.25) is 0 Å². The number of carboxylic acids is 1. The summed E-state index contributed by atoms with van der Waals surface area (Å²) in [5.74, 6) is -0.966. The van der Waals surface area contributed by atoms with Crippen LogP contribution in [0.5, 0.6) is 0 Å². The fraction of sp³-hybridized carbons (Fsp3) is 0.333. The molecule has 0 amide bonds. The summed E-state index contributed by atoms with van der Waals surface area (Å²) in [7, 11) is 0. The van der Waals surface area contributed by atoms with Crippen LogP contribution in [0.4, 0.5) is 0 Å². The van der Waals surface area contributed by atoms with E-state index in [2.05, 4.69) is 4.98 Å². The third-order valence-corrected chi connectivity index (χ3v) is 2.25. The van der Waals surface area contributed by atoms with Crippen molar-refractivity contribution in [2.45, 2.75) is 20.3 Å². The van der Waals surface area contributed by atoms with E-state index in [4.69, 9.17) is 16.2 Å². The number of aromatic carboxylic acids is 1. The first-order chi connectivity index (χ1) is 6.43. The molecule has 1 rings (SSSR count). The number of carbonyl (C=O) groups is 1. The summed E-state index contributed by atoms with van der Waals surface area (Å²) in [6, 6.07) is 0. The number of hydrogen-bond donors (Lipinski definition) is 4. The van der Waals surface area contributed by atoms with Crippen LogP contribution in [0.3, 0.4) is 0 Å². The molecule has 5 nitrogen and oxygen atoms in total. The fourth-order valence-corrected chi connectivity index (χ4v) is 1.33. The number of amidine groups is 1. The van der Waals surface area contributed by atoms with Crippen molar-refractivity contribution in [3.8, 4) is 0 Å². The van der Waals surface area contributed by atoms with Crippen molar-refractivity contribution in [3.05, 3.63) is 22.5 Å². The van der Waals surface area contributed by atoms with E-state index >= 15 is 0 Å². The van der Waals surface area contributed by atoms with Crippen LogP contribution in [0, 0.1) is 19.3 Å². The monoisotopic (exact) mass is 195 g/mol. The number of nitrogens with one attached hydrogen (secondary N) is 2. The van der Waals surface area contributed by atoms with Crippen LogP contribution in [-0.4, -0.2) is 21.9 Å². The molecular weight excluding hydrogens is 182 g/mol. The Morgan fingerprint density at radius 1 is 1.50 bits per heavy atom. The number of carboxylic acid groups (broad SMARTS) is 1. The Kier molecular flexibility index (Phi) is 2.60. The molecule has 0 spiro atoms. The maximum atomic E-state index is 10.8. The second kappa shape index (κ2) is 3.53. The van der Waals surface area contributed by atoms with E-state index in [-0.39, 0.29) is 18.0 Å². The molecule has 1 heterocycles. The Morgan fingerprint density at radius 2 is 2.07 bits per heavy atom. The molecule has 0 saturated heterocycles. The molecule has 0 radical (unpaired) electrons. The van der Waals surface area contributed by atoms with Gasteiger partial charge in [-0.3, -0.25) is 5.41 Å². The van der Waals surface area contributed by atoms with Crippen molar-refractivity contribution in [2.24, 2.45) is 5.73 Å². The molecule has 0 aromatic carbocycles. The van der Waals surface area contributed by atoms with Crippen molar-refractivity contribution in [1.29, 1.82) is 5.41 Å². The number of aromatic nitrogens is 1. The molecule has 76 valence electrons. The third-order valence-electron chi connectivity index (χ3n) is 2.25. The lowest BCUT2D eigenvalue weighted by molar-refractivity contribution is 0.0690. The Balaban J connectivity index is 3.15. The van der Waals surface area contributed by atoms with Gasteiger partial charge in [-0.15, -0.1) is 0 Å². The SMILES string of the molecule is Cc1c(CC(=N)N)[nH]c(C(=O)O)c1C. The molecule has 0 aliphatic carbocycles. The zero-order valence-corrected chi connectivity index (χ0v) is 8.14. The maximum Gasteiger partial charge on any atom is 0.352 e. The highest BCUT2D eigenvalue weighted by Gasteiger charge is 2.15. The highest BCUT2D eigenvalue weighted by molar-refractivity contribution is 5.88. The van der Waals surface area contributed by atoms with Crippen molar-refractivity contribution in [2.75, 3.05) is 0 Å². The van der Waals surface area contributed by atoms with Gasteiger partial charge in [0, 0.05) is 12.1 Å². The van der Waals surface area contributed by atoms with E-state index in [0.29, 0.717) is 11.3 Å². The average molecular weight is 195 g/mol. The van der Waals surface area contributed by atoms with E-state index in [9.17, 15) is 4.79 Å². The standard InChI is InChI=1S/C9H13N3O2/c1-4-5(2)8(9(13)14)12-6(4)3-7(10)11/h12H,3H2,1-2H3,(H3,10,11)(H,13,14). The molecule has 1 aromatic rings. The third kappa shape index (κ3) is 1.76. The van der Waals surface area contributed by atoms with Gasteiger partial charge >= 0.3 is 5.97 Å². The summed E-state index contributed by atoms with van der Waals surface area (Å²) >= 11 is 0. The van der Waals surface area contributed by atoms with Gasteiger partial charge in [0.25, 0.3) is 0 Å². The molecular formula is C9H13N3O2. The molecule has 5 N–H and O–H groups in total. The normalized spacial score (nSPS) is 10.1. The molecule has 0 atom stereocenters. The molecule has 1 aromatic heterocycles. The number of nitrogens with two attached hydrogens (primary N) is 1. The highest BCUT2D eigenvalue weighted by atomic mass is 16.4. The smallest absolute Gasteiger partial charge is 0.352 e. The number of aromatic amines is 1. The first kappa shape index (κ1) is 10.3. The van der Waals surface area contributed by atoms with Gasteiger partial charge in [-0.25, -0.2) is 4.79 Å². The highest BCUT2D eigenvalue weighted by Crippen LogP contribution is 2.17. The van der Waals surface area contributed by atoms with Crippen molar-refractivity contribution in [1.82, 2.24) is 4.98 Å². The summed E-state index contributed by atoms with van der Waals surface area (Å²) in [6.45, 7) is 3.55. The Bertz CT molecular complexity index is 393. The molecule has 5 heteroatoms. The summed E-state index contributed by atoms with van der Waals surface area (Å²) in [5.41, 5.74) is 7.69. The second-order valence-electron chi connectivity index (χ2n) is 3.24. The molecule has 0 aliphatic heterocycles. The summed E-state index contributed by atoms with van der Waals surface area (Å²) in [4.78, 5) is 13.5. The first-order valence-corrected chi connectivity index (χ1v) is 4.17. The van der Waals surface area contributed by atoms with Gasteiger partial charge in [0.2, 0.25) is 0 Å². The topological polar surface area (TPSA) is 103 Å². The number of rotatable bonds is 3. The van der Waals surface area contributed by atoms with Gasteiger partial charge in [-0.1, -0.05) is 0 Å². The van der Waals surface area contributed by atoms with Crippen LogP contribution in [-0.2, 0) is 6.42 Å². The second-order valence-corrected chi connectivity index (χ2v) is 3.24. The minimum atomic E-state index is -0.986. The molecule has 14 heavy (non-hydrogen) atoms. The summed E-state index contributed by atoms with van der Waals surface area (Å²) < 4.78 is 0. The number of hydrogen-bond acceptors (Lipinski definition) is 2. The average Bonchev–Trinajstić information content (AvgIpc) is 2.32. The maximum absolute atomic E-state index is 10.8. The quantitative estimate of drug-likeness (QED) is 0.423. The molecule has 0 saturated carbocycles. The van der Waals surface area contributed by atoms with E-state index in [1.54, 1.807) is 6.92 Å². The Hall–Kier alpha value is -1.78. The van der Waals surface area contributed by atoms with Gasteiger partial charge in [-0.2, -0.15) is 0 Å². The van der Waals surface area contributed by atoms with Gasteiger partial charge < -0.3 is 15.8 Å². The van der Waals surface area contributed by atoms with E-state index in [0.717, 1.165) is 5.56 Å². The molecule has 0 fully saturated rings. The summed E-state index contributed by atoms with van der Waals surface area (Å²) in [5, 5.41) is 15.9.